The van der Waals surface area contributed by atoms with Crippen molar-refractivity contribution in [3.8, 4) is 0 Å². The summed E-state index contributed by atoms with van der Waals surface area (Å²) in [6.07, 6.45) is 1.89. The average molecular weight is 229 g/mol. The quantitative estimate of drug-likeness (QED) is 0.774. The molecule has 1 aromatic rings. The Kier molecular flexibility index (Phi) is 2.81. The summed E-state index contributed by atoms with van der Waals surface area (Å²) in [5, 5.41) is 0. The minimum absolute atomic E-state index is 0.251. The van der Waals surface area contributed by atoms with E-state index in [0.717, 1.165) is 15.7 Å². The first-order valence-corrected chi connectivity index (χ1v) is 4.28. The van der Waals surface area contributed by atoms with Gasteiger partial charge in [-0.1, -0.05) is 6.07 Å². The molecule has 0 aromatic carbocycles. The first kappa shape index (κ1) is 9.19. The molecule has 1 rings (SSSR count). The summed E-state index contributed by atoms with van der Waals surface area (Å²) in [7, 11) is 0. The number of carbonyl (C=O) groups is 1. The number of rotatable bonds is 2. The number of aryl methyl sites for hydroxylation is 1. The number of carbonyl (C=O) groups excluding carboxylic acids is 1. The van der Waals surface area contributed by atoms with Gasteiger partial charge in [-0.15, -0.1) is 0 Å². The van der Waals surface area contributed by atoms with Crippen molar-refractivity contribution >= 4 is 21.8 Å². The Morgan fingerprint density at radius 3 is 2.92 bits per heavy atom. The first-order valence-electron chi connectivity index (χ1n) is 3.49. The van der Waals surface area contributed by atoms with Gasteiger partial charge in [-0.2, -0.15) is 0 Å². The second-order valence-corrected chi connectivity index (χ2v) is 3.35. The molecule has 0 fully saturated rings. The van der Waals surface area contributed by atoms with Gasteiger partial charge in [0, 0.05) is 6.20 Å². The Morgan fingerprint density at radius 1 is 1.75 bits per heavy atom. The molecule has 1 heterocycles. The van der Waals surface area contributed by atoms with Gasteiger partial charge in [-0.05, 0) is 34.0 Å². The fraction of sp³-hybridized carbons (Fsp3) is 0.250. The normalized spacial score (nSPS) is 9.83. The van der Waals surface area contributed by atoms with E-state index in [2.05, 4.69) is 20.9 Å². The second kappa shape index (κ2) is 3.67. The van der Waals surface area contributed by atoms with Crippen LogP contribution in [0.1, 0.15) is 11.1 Å². The number of hydrogen-bond acceptors (Lipinski definition) is 2. The molecule has 0 atom stereocenters. The summed E-state index contributed by atoms with van der Waals surface area (Å²) >= 11 is 3.27. The molecule has 4 heteroatoms. The summed E-state index contributed by atoms with van der Waals surface area (Å²) in [5.74, 6) is -0.335. The molecule has 2 N–H and O–H groups in total. The Labute approximate surface area is 79.1 Å². The van der Waals surface area contributed by atoms with E-state index in [1.54, 1.807) is 6.20 Å². The van der Waals surface area contributed by atoms with E-state index in [1.807, 2.05) is 13.0 Å². The minimum Gasteiger partial charge on any atom is -0.369 e. The van der Waals surface area contributed by atoms with Crippen LogP contribution in [0.2, 0.25) is 0 Å². The Hall–Kier alpha value is -0.900. The van der Waals surface area contributed by atoms with Gasteiger partial charge in [0.05, 0.1) is 6.42 Å². The average Bonchev–Trinajstić information content (AvgIpc) is 1.96. The number of pyridine rings is 1. The van der Waals surface area contributed by atoms with Gasteiger partial charge in [-0.25, -0.2) is 4.98 Å². The van der Waals surface area contributed by atoms with E-state index >= 15 is 0 Å². The van der Waals surface area contributed by atoms with Crippen molar-refractivity contribution in [1.82, 2.24) is 4.98 Å². The fourth-order valence-electron chi connectivity index (χ4n) is 0.914. The van der Waals surface area contributed by atoms with Gasteiger partial charge in [0.15, 0.2) is 0 Å². The zero-order valence-electron chi connectivity index (χ0n) is 6.67. The second-order valence-electron chi connectivity index (χ2n) is 2.59. The third-order valence-electron chi connectivity index (χ3n) is 1.45. The van der Waals surface area contributed by atoms with Crippen molar-refractivity contribution < 1.29 is 4.79 Å². The third kappa shape index (κ3) is 2.30. The maximum Gasteiger partial charge on any atom is 0.221 e. The maximum atomic E-state index is 10.5. The minimum atomic E-state index is -0.335. The summed E-state index contributed by atoms with van der Waals surface area (Å²) in [4.78, 5) is 14.6. The highest BCUT2D eigenvalue weighted by molar-refractivity contribution is 9.10. The van der Waals surface area contributed by atoms with E-state index in [1.165, 1.54) is 0 Å². The monoisotopic (exact) mass is 228 g/mol. The molecular weight excluding hydrogens is 220 g/mol. The van der Waals surface area contributed by atoms with Gasteiger partial charge in [0.25, 0.3) is 0 Å². The molecule has 0 saturated heterocycles. The van der Waals surface area contributed by atoms with Crippen LogP contribution in [0.4, 0.5) is 0 Å². The van der Waals surface area contributed by atoms with Crippen LogP contribution in [-0.4, -0.2) is 10.9 Å². The van der Waals surface area contributed by atoms with Gasteiger partial charge < -0.3 is 5.73 Å². The number of nitrogens with two attached hydrogens (primary N) is 1. The number of aromatic nitrogens is 1. The van der Waals surface area contributed by atoms with E-state index in [-0.39, 0.29) is 12.3 Å². The van der Waals surface area contributed by atoms with Crippen LogP contribution in [-0.2, 0) is 11.2 Å². The van der Waals surface area contributed by atoms with Crippen LogP contribution in [0, 0.1) is 6.92 Å². The molecule has 1 aromatic heterocycles. The molecular formula is C8H9BrN2O. The Morgan fingerprint density at radius 2 is 2.42 bits per heavy atom. The standard InChI is InChI=1S/C8H9BrN2O/c1-5-2-6(3-7(10)12)4-11-8(5)9/h2,4H,3H2,1H3,(H2,10,12). The number of hydrogen-bond donors (Lipinski definition) is 1. The molecule has 0 saturated carbocycles. The first-order chi connectivity index (χ1) is 5.59. The van der Waals surface area contributed by atoms with Crippen LogP contribution in [0.15, 0.2) is 16.9 Å². The predicted octanol–water partition coefficient (Wildman–Crippen LogP) is 1.18. The van der Waals surface area contributed by atoms with E-state index in [0.29, 0.717) is 0 Å². The van der Waals surface area contributed by atoms with Gasteiger partial charge in [0.2, 0.25) is 5.91 Å². The highest BCUT2D eigenvalue weighted by Crippen LogP contribution is 2.13. The lowest BCUT2D eigenvalue weighted by Crippen LogP contribution is -2.13. The zero-order valence-corrected chi connectivity index (χ0v) is 8.26. The molecule has 12 heavy (non-hydrogen) atoms. The van der Waals surface area contributed by atoms with Crippen molar-refractivity contribution in [3.05, 3.63) is 28.0 Å². The molecule has 0 aliphatic rings. The summed E-state index contributed by atoms with van der Waals surface area (Å²) in [6, 6.07) is 1.89. The number of halogens is 1. The SMILES string of the molecule is Cc1cc(CC(N)=O)cnc1Br. The topological polar surface area (TPSA) is 56.0 Å². The Balaban J connectivity index is 2.89. The van der Waals surface area contributed by atoms with Gasteiger partial charge in [0.1, 0.15) is 4.60 Å². The zero-order chi connectivity index (χ0) is 9.14. The molecule has 0 aliphatic carbocycles. The molecule has 0 spiro atoms. The van der Waals surface area contributed by atoms with Crippen LogP contribution in [0.3, 0.4) is 0 Å². The summed E-state index contributed by atoms with van der Waals surface area (Å²) in [6.45, 7) is 1.92. The molecule has 0 aliphatic heterocycles. The molecule has 64 valence electrons. The lowest BCUT2D eigenvalue weighted by molar-refractivity contribution is -0.117. The third-order valence-corrected chi connectivity index (χ3v) is 2.28. The van der Waals surface area contributed by atoms with E-state index in [9.17, 15) is 4.79 Å². The highest BCUT2D eigenvalue weighted by atomic mass is 79.9. The maximum absolute atomic E-state index is 10.5. The summed E-state index contributed by atoms with van der Waals surface area (Å²) < 4.78 is 0.802. The van der Waals surface area contributed by atoms with Crippen LogP contribution in [0.5, 0.6) is 0 Å². The number of primary amides is 1. The summed E-state index contributed by atoms with van der Waals surface area (Å²) in [5.41, 5.74) is 6.89. The molecule has 0 unspecified atom stereocenters. The Bertz CT molecular complexity index is 312. The highest BCUT2D eigenvalue weighted by Gasteiger charge is 2.01. The van der Waals surface area contributed by atoms with Gasteiger partial charge >= 0.3 is 0 Å². The molecule has 0 bridgehead atoms. The predicted molar refractivity (Wildman–Crippen MR) is 49.6 cm³/mol. The largest absolute Gasteiger partial charge is 0.369 e. The smallest absolute Gasteiger partial charge is 0.221 e. The lowest BCUT2D eigenvalue weighted by Gasteiger charge is -2.00. The van der Waals surface area contributed by atoms with Crippen molar-refractivity contribution in [2.45, 2.75) is 13.3 Å². The lowest BCUT2D eigenvalue weighted by atomic mass is 10.1. The van der Waals surface area contributed by atoms with Crippen LogP contribution in [0.25, 0.3) is 0 Å². The van der Waals surface area contributed by atoms with Crippen LogP contribution >= 0.6 is 15.9 Å². The van der Waals surface area contributed by atoms with Crippen molar-refractivity contribution in [2.24, 2.45) is 5.73 Å². The van der Waals surface area contributed by atoms with E-state index < -0.39 is 0 Å². The van der Waals surface area contributed by atoms with Crippen molar-refractivity contribution in [1.29, 1.82) is 0 Å². The molecule has 0 radical (unpaired) electrons. The number of nitrogens with zero attached hydrogens (tertiary/aromatic N) is 1. The van der Waals surface area contributed by atoms with Crippen LogP contribution < -0.4 is 5.73 Å². The molecule has 3 nitrogen and oxygen atoms in total. The fourth-order valence-corrected chi connectivity index (χ4v) is 1.13. The number of amides is 1. The van der Waals surface area contributed by atoms with E-state index in [4.69, 9.17) is 5.73 Å². The molecule has 1 amide bonds. The van der Waals surface area contributed by atoms with Crippen molar-refractivity contribution in [3.63, 3.8) is 0 Å². The van der Waals surface area contributed by atoms with Gasteiger partial charge in [-0.3, -0.25) is 4.79 Å². The van der Waals surface area contributed by atoms with Crippen molar-refractivity contribution in [2.75, 3.05) is 0 Å².